The van der Waals surface area contributed by atoms with E-state index in [1.807, 2.05) is 20.8 Å². The predicted molar refractivity (Wildman–Crippen MR) is 171 cm³/mol. The van der Waals surface area contributed by atoms with Crippen molar-refractivity contribution in [1.82, 2.24) is 10.2 Å². The highest BCUT2D eigenvalue weighted by Gasteiger charge is 2.35. The number of hydrogen-bond acceptors (Lipinski definition) is 4. The van der Waals surface area contributed by atoms with E-state index in [-0.39, 0.29) is 29.1 Å². The molecule has 0 radical (unpaired) electrons. The number of rotatable bonds is 12. The first-order valence-corrected chi connectivity index (χ1v) is 16.3. The van der Waals surface area contributed by atoms with Crippen molar-refractivity contribution in [1.29, 1.82) is 0 Å². The van der Waals surface area contributed by atoms with Gasteiger partial charge in [0.25, 0.3) is 10.0 Å². The zero-order valence-corrected chi connectivity index (χ0v) is 27.4. The van der Waals surface area contributed by atoms with Crippen LogP contribution in [0.3, 0.4) is 0 Å². The Hall–Kier alpha value is -2.78. The van der Waals surface area contributed by atoms with Gasteiger partial charge in [-0.05, 0) is 81.1 Å². The molecule has 226 valence electrons. The Kier molecular flexibility index (Phi) is 11.7. The molecular weight excluding hydrogens is 617 g/mol. The van der Waals surface area contributed by atoms with Gasteiger partial charge in [-0.15, -0.1) is 0 Å². The number of halogens is 3. The molecule has 0 spiro atoms. The van der Waals surface area contributed by atoms with Crippen LogP contribution in [0.4, 0.5) is 5.69 Å². The van der Waals surface area contributed by atoms with Gasteiger partial charge in [0, 0.05) is 27.7 Å². The predicted octanol–water partition coefficient (Wildman–Crippen LogP) is 7.18. The van der Waals surface area contributed by atoms with E-state index in [2.05, 4.69) is 5.32 Å². The Balaban J connectivity index is 2.13. The first kappa shape index (κ1) is 33.7. The molecule has 3 rings (SSSR count). The molecule has 0 unspecified atom stereocenters. The fraction of sp³-hybridized carbons (Fsp3) is 0.355. The molecule has 0 bridgehead atoms. The molecule has 0 aliphatic rings. The fourth-order valence-electron chi connectivity index (χ4n) is 4.41. The molecule has 1 N–H and O–H groups in total. The van der Waals surface area contributed by atoms with Crippen LogP contribution in [0.15, 0.2) is 65.6 Å². The van der Waals surface area contributed by atoms with E-state index >= 15 is 0 Å². The number of hydrogen-bond donors (Lipinski definition) is 1. The highest BCUT2D eigenvalue weighted by molar-refractivity contribution is 7.92. The molecule has 2 atom stereocenters. The van der Waals surface area contributed by atoms with E-state index in [1.54, 1.807) is 62.4 Å². The van der Waals surface area contributed by atoms with Gasteiger partial charge in [-0.1, -0.05) is 78.5 Å². The molecule has 0 aliphatic heterocycles. The lowest BCUT2D eigenvalue weighted by Crippen LogP contribution is -2.53. The summed E-state index contributed by atoms with van der Waals surface area (Å²) >= 11 is 19.0. The minimum atomic E-state index is -4.22. The normalized spacial score (nSPS) is 12.9. The van der Waals surface area contributed by atoms with Crippen LogP contribution < -0.4 is 9.62 Å². The molecule has 0 aliphatic carbocycles. The number of aryl methyl sites for hydroxylation is 1. The monoisotopic (exact) mass is 651 g/mol. The van der Waals surface area contributed by atoms with Gasteiger partial charge in [-0.2, -0.15) is 0 Å². The lowest BCUT2D eigenvalue weighted by atomic mass is 10.1. The van der Waals surface area contributed by atoms with Crippen LogP contribution in [-0.4, -0.2) is 43.8 Å². The lowest BCUT2D eigenvalue weighted by molar-refractivity contribution is -0.140. The van der Waals surface area contributed by atoms with E-state index in [0.717, 1.165) is 9.87 Å². The summed E-state index contributed by atoms with van der Waals surface area (Å²) < 4.78 is 29.2. The van der Waals surface area contributed by atoms with E-state index in [9.17, 15) is 18.0 Å². The summed E-state index contributed by atoms with van der Waals surface area (Å²) in [6.07, 6.45) is 0.996. The third-order valence-corrected chi connectivity index (χ3v) is 9.91. The summed E-state index contributed by atoms with van der Waals surface area (Å²) in [7, 11) is -4.22. The molecule has 0 aromatic heterocycles. The third kappa shape index (κ3) is 7.98. The summed E-state index contributed by atoms with van der Waals surface area (Å²) in [5, 5.41) is 4.06. The first-order valence-electron chi connectivity index (χ1n) is 13.7. The molecular formula is C31H36Cl3N3O4S. The second-order valence-electron chi connectivity index (χ2n) is 10.2. The van der Waals surface area contributed by atoms with Gasteiger partial charge in [0.05, 0.1) is 10.6 Å². The Bertz CT molecular complexity index is 1530. The highest BCUT2D eigenvalue weighted by atomic mass is 35.5. The Labute approximate surface area is 263 Å². The van der Waals surface area contributed by atoms with Gasteiger partial charge >= 0.3 is 0 Å². The van der Waals surface area contributed by atoms with Crippen LogP contribution in [0.1, 0.15) is 50.3 Å². The second-order valence-corrected chi connectivity index (χ2v) is 13.3. The lowest BCUT2D eigenvalue weighted by Gasteiger charge is -2.34. The van der Waals surface area contributed by atoms with Crippen LogP contribution >= 0.6 is 34.8 Å². The standard InChI is InChI=1S/C31H36Cl3N3O4S/c1-6-21(4)35-31(39)28(7-2)36(18-23-13-14-24(32)17-27(23)34)30(38)19-37(29-10-8-9-26(33)22(29)5)42(40,41)25-15-11-20(3)12-16-25/h8-17,21,28H,6-7,18-19H2,1-5H3,(H,35,39)/t21-,28-/m1/s1. The van der Waals surface area contributed by atoms with Gasteiger partial charge < -0.3 is 10.2 Å². The smallest absolute Gasteiger partial charge is 0.264 e. The van der Waals surface area contributed by atoms with Crippen molar-refractivity contribution in [3.05, 3.63) is 92.4 Å². The summed E-state index contributed by atoms with van der Waals surface area (Å²) in [5.41, 5.74) is 2.21. The number of sulfonamides is 1. The van der Waals surface area contributed by atoms with Crippen molar-refractivity contribution >= 4 is 62.3 Å². The summed E-state index contributed by atoms with van der Waals surface area (Å²) in [6, 6.07) is 15.2. The average Bonchev–Trinajstić information content (AvgIpc) is 2.94. The molecule has 3 aromatic carbocycles. The number of carbonyl (C=O) groups is 2. The minimum absolute atomic E-state index is 0.0223. The number of anilines is 1. The largest absolute Gasteiger partial charge is 0.352 e. The van der Waals surface area contributed by atoms with E-state index in [4.69, 9.17) is 34.8 Å². The molecule has 2 amide bonds. The summed E-state index contributed by atoms with van der Waals surface area (Å²) in [4.78, 5) is 29.1. The van der Waals surface area contributed by atoms with Crippen LogP contribution in [0.25, 0.3) is 0 Å². The topological polar surface area (TPSA) is 86.8 Å². The van der Waals surface area contributed by atoms with Crippen LogP contribution in [-0.2, 0) is 26.2 Å². The zero-order valence-electron chi connectivity index (χ0n) is 24.3. The van der Waals surface area contributed by atoms with E-state index in [0.29, 0.717) is 39.0 Å². The molecule has 0 saturated heterocycles. The van der Waals surface area contributed by atoms with Gasteiger partial charge in [-0.3, -0.25) is 13.9 Å². The maximum Gasteiger partial charge on any atom is 0.264 e. The first-order chi connectivity index (χ1) is 19.8. The number of benzene rings is 3. The Morgan fingerprint density at radius 2 is 1.57 bits per heavy atom. The van der Waals surface area contributed by atoms with Gasteiger partial charge in [0.1, 0.15) is 12.6 Å². The average molecular weight is 653 g/mol. The SMILES string of the molecule is CC[C@@H](C)NC(=O)[C@@H](CC)N(Cc1ccc(Cl)cc1Cl)C(=O)CN(c1cccc(Cl)c1C)S(=O)(=O)c1ccc(C)cc1. The molecule has 3 aromatic rings. The maximum atomic E-state index is 14.2. The zero-order chi connectivity index (χ0) is 31.2. The third-order valence-electron chi connectivity index (χ3n) is 7.14. The van der Waals surface area contributed by atoms with Crippen molar-refractivity contribution in [2.75, 3.05) is 10.8 Å². The van der Waals surface area contributed by atoms with Crippen molar-refractivity contribution in [2.45, 2.75) is 71.0 Å². The molecule has 0 heterocycles. The van der Waals surface area contributed by atoms with Crippen LogP contribution in [0.5, 0.6) is 0 Å². The molecule has 0 saturated carbocycles. The number of nitrogens with one attached hydrogen (secondary N) is 1. The number of nitrogens with zero attached hydrogens (tertiary/aromatic N) is 2. The van der Waals surface area contributed by atoms with Crippen molar-refractivity contribution in [3.8, 4) is 0 Å². The number of amides is 2. The maximum absolute atomic E-state index is 14.2. The van der Waals surface area contributed by atoms with Crippen molar-refractivity contribution < 1.29 is 18.0 Å². The Morgan fingerprint density at radius 1 is 0.905 bits per heavy atom. The molecule has 0 fully saturated rings. The van der Waals surface area contributed by atoms with Crippen LogP contribution in [0.2, 0.25) is 15.1 Å². The summed E-state index contributed by atoms with van der Waals surface area (Å²) in [6.45, 7) is 8.57. The van der Waals surface area contributed by atoms with Gasteiger partial charge in [0.2, 0.25) is 11.8 Å². The van der Waals surface area contributed by atoms with E-state index < -0.39 is 28.5 Å². The van der Waals surface area contributed by atoms with Crippen molar-refractivity contribution in [3.63, 3.8) is 0 Å². The van der Waals surface area contributed by atoms with Crippen molar-refractivity contribution in [2.24, 2.45) is 0 Å². The van der Waals surface area contributed by atoms with Gasteiger partial charge in [0.15, 0.2) is 0 Å². The molecule has 11 heteroatoms. The molecule has 7 nitrogen and oxygen atoms in total. The number of carbonyl (C=O) groups excluding carboxylic acids is 2. The van der Waals surface area contributed by atoms with Crippen LogP contribution in [0, 0.1) is 13.8 Å². The minimum Gasteiger partial charge on any atom is -0.352 e. The summed E-state index contributed by atoms with van der Waals surface area (Å²) in [5.74, 6) is -0.917. The molecule has 42 heavy (non-hydrogen) atoms. The van der Waals surface area contributed by atoms with Gasteiger partial charge in [-0.25, -0.2) is 8.42 Å². The highest BCUT2D eigenvalue weighted by Crippen LogP contribution is 2.32. The Morgan fingerprint density at radius 3 is 2.17 bits per heavy atom. The van der Waals surface area contributed by atoms with E-state index in [1.165, 1.54) is 17.0 Å². The second kappa shape index (κ2) is 14.6. The quantitative estimate of drug-likeness (QED) is 0.225. The fourth-order valence-corrected chi connectivity index (χ4v) is 6.52.